The molecule has 0 saturated carbocycles. The first-order valence-electron chi connectivity index (χ1n) is 26.1. The van der Waals surface area contributed by atoms with Crippen LogP contribution in [0.2, 0.25) is 0 Å². The van der Waals surface area contributed by atoms with Gasteiger partial charge in [-0.1, -0.05) is 191 Å². The molecular weight excluding hydrogens is 885 g/mol. The lowest BCUT2D eigenvalue weighted by atomic mass is 9.86. The van der Waals surface area contributed by atoms with Crippen molar-refractivity contribution in [3.63, 3.8) is 0 Å². The van der Waals surface area contributed by atoms with Crippen LogP contribution in [-0.2, 0) is 10.8 Å². The Labute approximate surface area is 432 Å². The molecular formula is C70H66N2O. The summed E-state index contributed by atoms with van der Waals surface area (Å²) in [6.45, 7) is 23.0. The van der Waals surface area contributed by atoms with Gasteiger partial charge in [0, 0.05) is 33.5 Å². The van der Waals surface area contributed by atoms with Gasteiger partial charge in [0.15, 0.2) is 0 Å². The van der Waals surface area contributed by atoms with Crippen molar-refractivity contribution < 1.29 is 4.42 Å². The highest BCUT2D eigenvalue weighted by Crippen LogP contribution is 2.48. The molecule has 0 aliphatic carbocycles. The van der Waals surface area contributed by atoms with Crippen molar-refractivity contribution in [2.24, 2.45) is 0 Å². The maximum Gasteiger partial charge on any atom is 0.136 e. The van der Waals surface area contributed by atoms with Crippen LogP contribution in [0.15, 0.2) is 211 Å². The van der Waals surface area contributed by atoms with Crippen molar-refractivity contribution >= 4 is 77.6 Å². The van der Waals surface area contributed by atoms with E-state index < -0.39 is 0 Å². The van der Waals surface area contributed by atoms with E-state index in [-0.39, 0.29) is 22.7 Å². The summed E-state index contributed by atoms with van der Waals surface area (Å²) >= 11 is 0. The van der Waals surface area contributed by atoms with Crippen molar-refractivity contribution in [2.45, 2.75) is 91.9 Å². The van der Waals surface area contributed by atoms with Gasteiger partial charge in [0.05, 0.1) is 11.4 Å². The largest absolute Gasteiger partial charge is 0.456 e. The maximum atomic E-state index is 7.07. The Kier molecular flexibility index (Phi) is 12.1. The Morgan fingerprint density at radius 3 is 1.05 bits per heavy atom. The monoisotopic (exact) mass is 951 g/mol. The smallest absolute Gasteiger partial charge is 0.136 e. The molecule has 11 aromatic rings. The Morgan fingerprint density at radius 2 is 0.699 bits per heavy atom. The highest BCUT2D eigenvalue weighted by Gasteiger charge is 2.26. The topological polar surface area (TPSA) is 19.6 Å². The van der Waals surface area contributed by atoms with Crippen LogP contribution in [0.25, 0.3) is 65.7 Å². The van der Waals surface area contributed by atoms with Crippen molar-refractivity contribution in [1.82, 2.24) is 0 Å². The minimum atomic E-state index is -0.00909. The summed E-state index contributed by atoms with van der Waals surface area (Å²) in [5.41, 5.74) is 18.6. The van der Waals surface area contributed by atoms with Crippen LogP contribution >= 0.6 is 0 Å². The molecule has 0 radical (unpaired) electrons. The molecule has 0 N–H and O–H groups in total. The summed E-state index contributed by atoms with van der Waals surface area (Å²) in [4.78, 5) is 4.92. The molecule has 0 spiro atoms. The van der Waals surface area contributed by atoms with Gasteiger partial charge in [-0.3, -0.25) is 0 Å². The van der Waals surface area contributed by atoms with Gasteiger partial charge in [0.25, 0.3) is 0 Å². The van der Waals surface area contributed by atoms with E-state index in [1.807, 2.05) is 0 Å². The Morgan fingerprint density at radius 1 is 0.329 bits per heavy atom. The zero-order valence-electron chi connectivity index (χ0n) is 44.1. The molecule has 73 heavy (non-hydrogen) atoms. The van der Waals surface area contributed by atoms with Crippen molar-refractivity contribution in [2.75, 3.05) is 9.80 Å². The molecule has 0 aliphatic rings. The lowest BCUT2D eigenvalue weighted by Gasteiger charge is -2.31. The van der Waals surface area contributed by atoms with E-state index in [2.05, 4.69) is 285 Å². The molecule has 0 aliphatic heterocycles. The molecule has 0 saturated heterocycles. The van der Waals surface area contributed by atoms with Gasteiger partial charge in [0.1, 0.15) is 11.2 Å². The van der Waals surface area contributed by atoms with E-state index >= 15 is 0 Å². The van der Waals surface area contributed by atoms with Crippen molar-refractivity contribution in [1.29, 1.82) is 0 Å². The van der Waals surface area contributed by atoms with E-state index in [0.717, 1.165) is 44.7 Å². The first-order chi connectivity index (χ1) is 35.1. The molecule has 11 rings (SSSR count). The van der Waals surface area contributed by atoms with E-state index in [0.29, 0.717) is 0 Å². The van der Waals surface area contributed by atoms with Crippen LogP contribution in [0.4, 0.5) is 34.1 Å². The predicted octanol–water partition coefficient (Wildman–Crippen LogP) is 21.0. The predicted molar refractivity (Wildman–Crippen MR) is 315 cm³/mol. The number of fused-ring (bicyclic) bond motifs is 5. The second-order valence-electron chi connectivity index (χ2n) is 22.6. The fraction of sp³-hybridized carbons (Fsp3) is 0.200. The zero-order valence-corrected chi connectivity index (χ0v) is 44.1. The van der Waals surface area contributed by atoms with Crippen molar-refractivity contribution in [3.05, 3.63) is 229 Å². The van der Waals surface area contributed by atoms with E-state index in [9.17, 15) is 0 Å². The number of hydrogen-bond acceptors (Lipinski definition) is 3. The van der Waals surface area contributed by atoms with Gasteiger partial charge in [-0.05, 0) is 174 Å². The number of benzene rings is 10. The fourth-order valence-electron chi connectivity index (χ4n) is 11.0. The number of furan rings is 1. The number of anilines is 6. The molecule has 1 heterocycles. The second kappa shape index (κ2) is 18.6. The van der Waals surface area contributed by atoms with Gasteiger partial charge >= 0.3 is 0 Å². The first-order valence-corrected chi connectivity index (χ1v) is 26.1. The van der Waals surface area contributed by atoms with E-state index in [1.165, 1.54) is 77.4 Å². The molecule has 3 heteroatoms. The summed E-state index contributed by atoms with van der Waals surface area (Å²) < 4.78 is 7.07. The maximum absolute atomic E-state index is 7.07. The lowest BCUT2D eigenvalue weighted by molar-refractivity contribution is 0.590. The Bertz CT molecular complexity index is 3540. The van der Waals surface area contributed by atoms with Crippen LogP contribution in [0.3, 0.4) is 0 Å². The van der Waals surface area contributed by atoms with E-state index in [4.69, 9.17) is 4.42 Å². The molecule has 0 amide bonds. The van der Waals surface area contributed by atoms with Crippen molar-refractivity contribution in [3.8, 4) is 22.3 Å². The van der Waals surface area contributed by atoms with Crippen LogP contribution in [0.5, 0.6) is 0 Å². The van der Waals surface area contributed by atoms with Gasteiger partial charge in [0.2, 0.25) is 0 Å². The summed E-state index contributed by atoms with van der Waals surface area (Å²) in [5, 5.41) is 7.08. The SMILES string of the molecule is CC(C)c1c(N(c2ccc(-c3ccccc3)cc2)c2cccc(C(C)(C)C)c2)ccc2cc3c(cc12)oc1cc2c(C(C)C)c(N(c4ccc(-c5ccccc5)cc4)c4cccc(C(C)(C)C)c4)ccc2cc13. The zero-order chi connectivity index (χ0) is 50.8. The van der Waals surface area contributed by atoms with Gasteiger partial charge in [-0.15, -0.1) is 0 Å². The highest BCUT2D eigenvalue weighted by atomic mass is 16.3. The fourth-order valence-corrected chi connectivity index (χ4v) is 11.0. The summed E-state index contributed by atoms with van der Waals surface area (Å²) in [5.74, 6) is 0.433. The number of nitrogens with zero attached hydrogens (tertiary/aromatic N) is 2. The minimum absolute atomic E-state index is 0.00909. The molecule has 3 nitrogen and oxygen atoms in total. The standard InChI is InChI=1S/C70H66N2O/c1-45(2)67-59-43-65-61(39-51(59)31-37-63(67)71(57-25-17-23-53(41-57)69(5,6)7)55-33-27-49(28-34-55)47-19-13-11-14-20-47)62-40-52-32-38-64(68(46(3)4)60(52)44-66(62)73-65)72(58-26-18-24-54(42-58)70(8,9)10)56-35-29-50(30-36-56)48-21-15-12-16-22-48/h11-46H,1-10H3. The summed E-state index contributed by atoms with van der Waals surface area (Å²) in [6, 6.07) is 76.2. The van der Waals surface area contributed by atoms with E-state index in [1.54, 1.807) is 0 Å². The third-order valence-corrected chi connectivity index (χ3v) is 14.8. The average Bonchev–Trinajstić information content (AvgIpc) is 3.73. The molecule has 0 bridgehead atoms. The third kappa shape index (κ3) is 8.97. The average molecular weight is 951 g/mol. The van der Waals surface area contributed by atoms with Gasteiger partial charge in [-0.2, -0.15) is 0 Å². The minimum Gasteiger partial charge on any atom is -0.456 e. The number of rotatable bonds is 10. The Balaban J connectivity index is 1.07. The van der Waals surface area contributed by atoms with Crippen LogP contribution in [0, 0.1) is 0 Å². The molecule has 362 valence electrons. The second-order valence-corrected chi connectivity index (χ2v) is 22.6. The molecule has 1 aromatic heterocycles. The van der Waals surface area contributed by atoms with Crippen LogP contribution < -0.4 is 9.80 Å². The molecule has 0 unspecified atom stereocenters. The molecule has 0 fully saturated rings. The highest BCUT2D eigenvalue weighted by molar-refractivity contribution is 6.15. The summed E-state index contributed by atoms with van der Waals surface area (Å²) in [7, 11) is 0. The normalized spacial score (nSPS) is 12.2. The summed E-state index contributed by atoms with van der Waals surface area (Å²) in [6.07, 6.45) is 0. The molecule has 10 aromatic carbocycles. The van der Waals surface area contributed by atoms with Crippen LogP contribution in [0.1, 0.15) is 103 Å². The first kappa shape index (κ1) is 47.4. The Hall–Kier alpha value is -7.88. The van der Waals surface area contributed by atoms with Gasteiger partial charge < -0.3 is 14.2 Å². The van der Waals surface area contributed by atoms with Crippen LogP contribution in [-0.4, -0.2) is 0 Å². The van der Waals surface area contributed by atoms with Gasteiger partial charge in [-0.25, -0.2) is 0 Å². The third-order valence-electron chi connectivity index (χ3n) is 14.8. The quantitative estimate of drug-likeness (QED) is 0.136. The molecule has 0 atom stereocenters. The lowest BCUT2D eigenvalue weighted by Crippen LogP contribution is -2.16. The number of hydrogen-bond donors (Lipinski definition) is 0.